The Morgan fingerprint density at radius 1 is 1.11 bits per heavy atom. The second kappa shape index (κ2) is 7.25. The summed E-state index contributed by atoms with van der Waals surface area (Å²) in [6, 6.07) is 16.7. The molecule has 4 aromatic rings. The number of aldehydes is 1. The van der Waals surface area contributed by atoms with Crippen LogP contribution in [0.5, 0.6) is 0 Å². The third-order valence-corrected chi connectivity index (χ3v) is 5.48. The van der Waals surface area contributed by atoms with Crippen molar-refractivity contribution in [3.63, 3.8) is 0 Å². The number of fused-ring (bicyclic) bond motifs is 1. The van der Waals surface area contributed by atoms with E-state index in [9.17, 15) is 9.18 Å². The number of anilines is 1. The molecule has 6 heteroatoms. The third-order valence-electron chi connectivity index (χ3n) is 4.39. The quantitative estimate of drug-likeness (QED) is 0.468. The van der Waals surface area contributed by atoms with Crippen molar-refractivity contribution < 1.29 is 9.18 Å². The van der Waals surface area contributed by atoms with Crippen LogP contribution in [-0.2, 0) is 0 Å². The van der Waals surface area contributed by atoms with Crippen molar-refractivity contribution in [2.75, 3.05) is 5.32 Å². The zero-order valence-electron chi connectivity index (χ0n) is 14.5. The molecule has 2 aromatic heterocycles. The first kappa shape index (κ1) is 17.3. The average Bonchev–Trinajstić information content (AvgIpc) is 3.14. The number of rotatable bonds is 5. The minimum Gasteiger partial charge on any atom is -0.363 e. The highest BCUT2D eigenvalue weighted by Crippen LogP contribution is 2.36. The molecule has 0 saturated heterocycles. The van der Waals surface area contributed by atoms with Gasteiger partial charge >= 0.3 is 0 Å². The molecular formula is C21H16FN3OS. The van der Waals surface area contributed by atoms with Crippen LogP contribution in [0.2, 0.25) is 0 Å². The molecule has 4 nitrogen and oxygen atoms in total. The molecule has 0 radical (unpaired) electrons. The van der Waals surface area contributed by atoms with Gasteiger partial charge in [-0.25, -0.2) is 14.4 Å². The summed E-state index contributed by atoms with van der Waals surface area (Å²) in [5, 5.41) is 4.34. The number of aromatic nitrogens is 2. The molecule has 0 aliphatic heterocycles. The number of hydrogen-bond acceptors (Lipinski definition) is 5. The molecule has 0 bridgehead atoms. The summed E-state index contributed by atoms with van der Waals surface area (Å²) in [6.45, 7) is 2.08. The minimum absolute atomic E-state index is 0.0482. The first-order valence-corrected chi connectivity index (χ1v) is 9.28. The number of carbonyl (C=O) groups excluding carboxylic acids is 1. The van der Waals surface area contributed by atoms with Crippen LogP contribution in [0.1, 0.15) is 28.9 Å². The fraction of sp³-hybridized carbons (Fsp3) is 0.0952. The van der Waals surface area contributed by atoms with Gasteiger partial charge in [0.25, 0.3) is 0 Å². The van der Waals surface area contributed by atoms with Crippen molar-refractivity contribution in [2.45, 2.75) is 13.0 Å². The Balaban J connectivity index is 1.71. The van der Waals surface area contributed by atoms with Crippen molar-refractivity contribution in [1.82, 2.24) is 9.97 Å². The van der Waals surface area contributed by atoms with Crippen LogP contribution in [0.15, 0.2) is 60.9 Å². The minimum atomic E-state index is -0.520. The standard InChI is InChI=1S/C21H16FN3OS/c1-13(14-5-3-2-4-6-14)25-20-17-10-19(27-21(17)24-12-23-20)15-7-8-18(22)16(9-15)11-26/h2-13H,1H3,(H,23,24,25)/t13-/m1/s1. The van der Waals surface area contributed by atoms with E-state index in [1.54, 1.807) is 12.1 Å². The summed E-state index contributed by atoms with van der Waals surface area (Å²) < 4.78 is 13.6. The fourth-order valence-electron chi connectivity index (χ4n) is 2.93. The highest BCUT2D eigenvalue weighted by molar-refractivity contribution is 7.21. The van der Waals surface area contributed by atoms with Gasteiger partial charge in [0.1, 0.15) is 22.8 Å². The summed E-state index contributed by atoms with van der Waals surface area (Å²) in [5.74, 6) is 0.227. The van der Waals surface area contributed by atoms with Crippen LogP contribution in [0.3, 0.4) is 0 Å². The zero-order chi connectivity index (χ0) is 18.8. The largest absolute Gasteiger partial charge is 0.363 e. The summed E-state index contributed by atoms with van der Waals surface area (Å²) >= 11 is 1.48. The normalized spacial score (nSPS) is 12.1. The summed E-state index contributed by atoms with van der Waals surface area (Å²) in [5.41, 5.74) is 1.99. The summed E-state index contributed by atoms with van der Waals surface area (Å²) in [6.07, 6.45) is 2.06. The molecule has 0 aliphatic carbocycles. The van der Waals surface area contributed by atoms with Gasteiger partial charge in [0, 0.05) is 10.9 Å². The lowest BCUT2D eigenvalue weighted by Crippen LogP contribution is -2.08. The predicted octanol–water partition coefficient (Wildman–Crippen LogP) is 5.48. The lowest BCUT2D eigenvalue weighted by atomic mass is 10.1. The SMILES string of the molecule is C[C@@H](Nc1ncnc2sc(-c3ccc(F)c(C=O)c3)cc12)c1ccccc1. The molecule has 2 heterocycles. The fourth-order valence-corrected chi connectivity index (χ4v) is 3.93. The van der Waals surface area contributed by atoms with Crippen LogP contribution >= 0.6 is 11.3 Å². The van der Waals surface area contributed by atoms with Crippen LogP contribution in [0.4, 0.5) is 10.2 Å². The monoisotopic (exact) mass is 377 g/mol. The van der Waals surface area contributed by atoms with Crippen LogP contribution in [0.25, 0.3) is 20.7 Å². The zero-order valence-corrected chi connectivity index (χ0v) is 15.3. The van der Waals surface area contributed by atoms with Gasteiger partial charge in [-0.3, -0.25) is 4.79 Å². The number of halogens is 1. The van der Waals surface area contributed by atoms with Gasteiger partial charge in [0.2, 0.25) is 0 Å². The summed E-state index contributed by atoms with van der Waals surface area (Å²) in [4.78, 5) is 21.5. The number of carbonyl (C=O) groups is 1. The third kappa shape index (κ3) is 3.44. The van der Waals surface area contributed by atoms with Crippen LogP contribution in [-0.4, -0.2) is 16.3 Å². The average molecular weight is 377 g/mol. The molecule has 0 fully saturated rings. The first-order valence-electron chi connectivity index (χ1n) is 8.47. The Kier molecular flexibility index (Phi) is 4.64. The Hall–Kier alpha value is -3.12. The smallest absolute Gasteiger partial charge is 0.153 e. The van der Waals surface area contributed by atoms with Gasteiger partial charge in [0.05, 0.1) is 10.9 Å². The van der Waals surface area contributed by atoms with E-state index in [-0.39, 0.29) is 11.6 Å². The molecular weight excluding hydrogens is 361 g/mol. The number of hydrogen-bond donors (Lipinski definition) is 1. The number of nitrogens with zero attached hydrogens (tertiary/aromatic N) is 2. The molecule has 1 N–H and O–H groups in total. The van der Waals surface area contributed by atoms with Crippen molar-refractivity contribution in [2.24, 2.45) is 0 Å². The van der Waals surface area contributed by atoms with E-state index in [1.807, 2.05) is 24.3 Å². The van der Waals surface area contributed by atoms with Gasteiger partial charge in [-0.1, -0.05) is 36.4 Å². The second-order valence-corrected chi connectivity index (χ2v) is 7.21. The van der Waals surface area contributed by atoms with Crippen molar-refractivity contribution in [1.29, 1.82) is 0 Å². The molecule has 1 atom stereocenters. The Morgan fingerprint density at radius 2 is 1.93 bits per heavy atom. The van der Waals surface area contributed by atoms with Crippen molar-refractivity contribution in [3.8, 4) is 10.4 Å². The van der Waals surface area contributed by atoms with Crippen LogP contribution < -0.4 is 5.32 Å². The maximum atomic E-state index is 13.6. The molecule has 2 aromatic carbocycles. The molecule has 0 aliphatic rings. The Morgan fingerprint density at radius 3 is 2.70 bits per heavy atom. The topological polar surface area (TPSA) is 54.9 Å². The van der Waals surface area contributed by atoms with E-state index < -0.39 is 5.82 Å². The van der Waals surface area contributed by atoms with E-state index >= 15 is 0 Å². The Bertz CT molecular complexity index is 1110. The Labute approximate surface area is 159 Å². The van der Waals surface area contributed by atoms with Crippen molar-refractivity contribution >= 4 is 33.7 Å². The van der Waals surface area contributed by atoms with E-state index in [0.717, 1.165) is 32.0 Å². The highest BCUT2D eigenvalue weighted by atomic mass is 32.1. The van der Waals surface area contributed by atoms with E-state index in [0.29, 0.717) is 6.29 Å². The molecule has 4 rings (SSSR count). The van der Waals surface area contributed by atoms with Gasteiger partial charge in [-0.05, 0) is 36.2 Å². The maximum absolute atomic E-state index is 13.6. The number of benzene rings is 2. The van der Waals surface area contributed by atoms with E-state index in [1.165, 1.54) is 23.7 Å². The van der Waals surface area contributed by atoms with E-state index in [2.05, 4.69) is 34.3 Å². The molecule has 0 spiro atoms. The van der Waals surface area contributed by atoms with Gasteiger partial charge in [-0.15, -0.1) is 11.3 Å². The first-order chi connectivity index (χ1) is 13.2. The van der Waals surface area contributed by atoms with Gasteiger partial charge < -0.3 is 5.32 Å². The lowest BCUT2D eigenvalue weighted by molar-refractivity contribution is 0.112. The van der Waals surface area contributed by atoms with Crippen molar-refractivity contribution in [3.05, 3.63) is 77.9 Å². The molecule has 134 valence electrons. The predicted molar refractivity (Wildman–Crippen MR) is 107 cm³/mol. The maximum Gasteiger partial charge on any atom is 0.153 e. The van der Waals surface area contributed by atoms with Gasteiger partial charge in [0.15, 0.2) is 6.29 Å². The molecule has 27 heavy (non-hydrogen) atoms. The molecule has 0 saturated carbocycles. The van der Waals surface area contributed by atoms with Crippen LogP contribution in [0, 0.1) is 5.82 Å². The van der Waals surface area contributed by atoms with E-state index in [4.69, 9.17) is 0 Å². The molecule has 0 amide bonds. The number of thiophene rings is 1. The molecule has 0 unspecified atom stereocenters. The highest BCUT2D eigenvalue weighted by Gasteiger charge is 2.14. The van der Waals surface area contributed by atoms with Gasteiger partial charge in [-0.2, -0.15) is 0 Å². The second-order valence-electron chi connectivity index (χ2n) is 6.18. The lowest BCUT2D eigenvalue weighted by Gasteiger charge is -2.15. The number of nitrogens with one attached hydrogen (secondary N) is 1. The summed E-state index contributed by atoms with van der Waals surface area (Å²) in [7, 11) is 0.